The number of amides is 2. The summed E-state index contributed by atoms with van der Waals surface area (Å²) in [5.41, 5.74) is 2.85. The van der Waals surface area contributed by atoms with Crippen molar-refractivity contribution in [2.24, 2.45) is 5.92 Å². The molecule has 2 saturated heterocycles. The van der Waals surface area contributed by atoms with Crippen LogP contribution in [-0.2, 0) is 31.9 Å². The highest BCUT2D eigenvalue weighted by molar-refractivity contribution is 7.89. The molecule has 0 spiro atoms. The maximum Gasteiger partial charge on any atom is 0.239 e. The molecule has 43 heavy (non-hydrogen) atoms. The van der Waals surface area contributed by atoms with Crippen molar-refractivity contribution in [1.82, 2.24) is 14.6 Å². The molecular weight excluding hydrogens is 566 g/mol. The van der Waals surface area contributed by atoms with Gasteiger partial charge >= 0.3 is 0 Å². The second-order valence-electron chi connectivity index (χ2n) is 11.8. The molecule has 2 amide bonds. The van der Waals surface area contributed by atoms with Crippen LogP contribution in [0.2, 0.25) is 0 Å². The first-order chi connectivity index (χ1) is 20.5. The van der Waals surface area contributed by atoms with Crippen LogP contribution in [0.3, 0.4) is 0 Å². The van der Waals surface area contributed by atoms with Crippen molar-refractivity contribution >= 4 is 33.4 Å². The third-order valence-electron chi connectivity index (χ3n) is 8.20. The van der Waals surface area contributed by atoms with Crippen LogP contribution < -0.4 is 9.62 Å². The summed E-state index contributed by atoms with van der Waals surface area (Å²) in [4.78, 5) is 46.7. The molecule has 230 valence electrons. The number of nitrogens with zero attached hydrogens (tertiary/aromatic N) is 4. The predicted molar refractivity (Wildman–Crippen MR) is 164 cm³/mol. The van der Waals surface area contributed by atoms with E-state index >= 15 is 0 Å². The minimum absolute atomic E-state index is 0.0222. The molecule has 2 aliphatic rings. The first-order valence-electron chi connectivity index (χ1n) is 15.1. The number of aromatic nitrogens is 1. The number of benzene rings is 1. The van der Waals surface area contributed by atoms with E-state index in [1.807, 2.05) is 24.0 Å². The highest BCUT2D eigenvalue weighted by atomic mass is 32.2. The summed E-state index contributed by atoms with van der Waals surface area (Å²) in [5.74, 6) is -0.624. The van der Waals surface area contributed by atoms with Crippen molar-refractivity contribution in [1.29, 1.82) is 5.26 Å². The van der Waals surface area contributed by atoms with Gasteiger partial charge in [0.25, 0.3) is 0 Å². The van der Waals surface area contributed by atoms with E-state index in [0.717, 1.165) is 24.8 Å². The van der Waals surface area contributed by atoms with Gasteiger partial charge in [0.2, 0.25) is 21.8 Å². The van der Waals surface area contributed by atoms with Gasteiger partial charge in [-0.05, 0) is 48.8 Å². The Bertz CT molecular complexity index is 1490. The fraction of sp³-hybridized carbons (Fsp3) is 0.531. The van der Waals surface area contributed by atoms with Crippen LogP contribution in [-0.4, -0.2) is 55.5 Å². The average molecular weight is 608 g/mol. The number of Topliss-reactive ketones (excluding diaryl/α,β-unsaturated/α-hetero) is 1. The third-order valence-corrected chi connectivity index (χ3v) is 9.42. The molecule has 0 saturated carbocycles. The Labute approximate surface area is 254 Å². The first-order valence-corrected chi connectivity index (χ1v) is 16.8. The van der Waals surface area contributed by atoms with Crippen molar-refractivity contribution in [3.05, 3.63) is 58.3 Å². The highest BCUT2D eigenvalue weighted by Gasteiger charge is 2.31. The quantitative estimate of drug-likeness (QED) is 0.350. The van der Waals surface area contributed by atoms with Crippen LogP contribution >= 0.6 is 0 Å². The number of unbranched alkanes of at least 4 members (excludes halogenated alkanes) is 1. The number of carbonyl (C=O) groups excluding carboxylic acids is 3. The molecule has 0 atom stereocenters. The van der Waals surface area contributed by atoms with Gasteiger partial charge < -0.3 is 9.80 Å². The van der Waals surface area contributed by atoms with Gasteiger partial charge in [0, 0.05) is 44.0 Å². The van der Waals surface area contributed by atoms with Gasteiger partial charge in [-0.3, -0.25) is 19.1 Å². The Kier molecular flexibility index (Phi) is 10.6. The number of sulfonamides is 1. The predicted octanol–water partition coefficient (Wildman–Crippen LogP) is 4.43. The summed E-state index contributed by atoms with van der Waals surface area (Å²) in [6.07, 6.45) is 3.92. The number of piperidine rings is 1. The lowest BCUT2D eigenvalue weighted by atomic mass is 9.95. The third kappa shape index (κ3) is 8.20. The van der Waals surface area contributed by atoms with Crippen LogP contribution in [0.1, 0.15) is 104 Å². The number of anilines is 1. The van der Waals surface area contributed by atoms with E-state index in [9.17, 15) is 28.1 Å². The number of nitriles is 1. The molecule has 11 heteroatoms. The molecule has 1 N–H and O–H groups in total. The van der Waals surface area contributed by atoms with E-state index in [1.165, 1.54) is 0 Å². The van der Waals surface area contributed by atoms with Gasteiger partial charge in [-0.25, -0.2) is 13.4 Å². The van der Waals surface area contributed by atoms with Crippen LogP contribution in [0.5, 0.6) is 0 Å². The molecule has 2 fully saturated rings. The van der Waals surface area contributed by atoms with Gasteiger partial charge in [-0.1, -0.05) is 51.5 Å². The fourth-order valence-corrected chi connectivity index (χ4v) is 6.77. The van der Waals surface area contributed by atoms with Crippen molar-refractivity contribution < 1.29 is 22.8 Å². The molecule has 2 aliphatic heterocycles. The molecule has 0 bridgehead atoms. The Morgan fingerprint density at radius 2 is 1.84 bits per heavy atom. The number of hydrogen-bond acceptors (Lipinski definition) is 8. The average Bonchev–Trinajstić information content (AvgIpc) is 3.39. The maximum absolute atomic E-state index is 13.1. The molecule has 0 aliphatic carbocycles. The van der Waals surface area contributed by atoms with E-state index < -0.39 is 21.8 Å². The summed E-state index contributed by atoms with van der Waals surface area (Å²) in [6, 6.07) is 11.1. The molecule has 2 aromatic rings. The zero-order valence-electron chi connectivity index (χ0n) is 25.3. The maximum atomic E-state index is 13.1. The number of nitrogens with one attached hydrogen (secondary N) is 1. The van der Waals surface area contributed by atoms with E-state index in [4.69, 9.17) is 4.98 Å². The standard InChI is InChI=1S/C32H41N5O5S/c1-4-5-7-29(38)27-18-26(19-33)31(34-28(27)20-37-15-6-8-30(37)39)36-16-13-25(14-17-36)32(40)35-43(41,42)21-23-9-11-24(12-10-23)22(2)3/h9-12,18,22,25H,4-8,13-17,20-21H2,1-3H3,(H,35,40). The lowest BCUT2D eigenvalue weighted by Gasteiger charge is -2.33. The van der Waals surface area contributed by atoms with Crippen LogP contribution in [0.25, 0.3) is 0 Å². The lowest BCUT2D eigenvalue weighted by Crippen LogP contribution is -2.43. The second kappa shape index (κ2) is 14.1. The largest absolute Gasteiger partial charge is 0.355 e. The zero-order valence-corrected chi connectivity index (χ0v) is 26.1. The van der Waals surface area contributed by atoms with Gasteiger partial charge in [-0.2, -0.15) is 5.26 Å². The van der Waals surface area contributed by atoms with E-state index in [-0.39, 0.29) is 29.6 Å². The molecule has 1 aromatic carbocycles. The lowest BCUT2D eigenvalue weighted by molar-refractivity contribution is -0.128. The first kappa shape index (κ1) is 32.1. The van der Waals surface area contributed by atoms with Gasteiger partial charge in [0.15, 0.2) is 5.78 Å². The summed E-state index contributed by atoms with van der Waals surface area (Å²) in [7, 11) is -3.87. The van der Waals surface area contributed by atoms with E-state index in [2.05, 4.69) is 24.6 Å². The van der Waals surface area contributed by atoms with Crippen LogP contribution in [0.4, 0.5) is 5.82 Å². The number of carbonyl (C=O) groups is 3. The Morgan fingerprint density at radius 3 is 2.42 bits per heavy atom. The summed E-state index contributed by atoms with van der Waals surface area (Å²) < 4.78 is 27.8. The van der Waals surface area contributed by atoms with Crippen LogP contribution in [0.15, 0.2) is 30.3 Å². The molecule has 3 heterocycles. The molecule has 0 radical (unpaired) electrons. The Balaban J connectivity index is 1.45. The van der Waals surface area contributed by atoms with E-state index in [1.54, 1.807) is 23.1 Å². The van der Waals surface area contributed by atoms with Gasteiger partial charge in [0.05, 0.1) is 23.6 Å². The van der Waals surface area contributed by atoms with Crippen LogP contribution in [0, 0.1) is 17.2 Å². The molecule has 1 aromatic heterocycles. The zero-order chi connectivity index (χ0) is 31.1. The number of pyridine rings is 1. The Hall–Kier alpha value is -3.78. The normalized spacial score (nSPS) is 16.0. The number of likely N-dealkylation sites (tertiary alicyclic amines) is 1. The monoisotopic (exact) mass is 607 g/mol. The van der Waals surface area contributed by atoms with E-state index in [0.29, 0.717) is 73.9 Å². The molecule has 4 rings (SSSR count). The second-order valence-corrected chi connectivity index (χ2v) is 13.5. The SMILES string of the molecule is CCCCC(=O)c1cc(C#N)c(N2CCC(C(=O)NS(=O)(=O)Cc3ccc(C(C)C)cc3)CC2)nc1CN1CCCC1=O. The van der Waals surface area contributed by atoms with Crippen molar-refractivity contribution in [2.75, 3.05) is 24.5 Å². The molecule has 10 nitrogen and oxygen atoms in total. The molecule has 0 unspecified atom stereocenters. The minimum Gasteiger partial charge on any atom is -0.355 e. The van der Waals surface area contributed by atoms with Crippen molar-refractivity contribution in [3.8, 4) is 6.07 Å². The summed E-state index contributed by atoms with van der Waals surface area (Å²) in [6.45, 7) is 7.73. The number of ketones is 1. The highest BCUT2D eigenvalue weighted by Crippen LogP contribution is 2.29. The topological polar surface area (TPSA) is 141 Å². The van der Waals surface area contributed by atoms with Crippen molar-refractivity contribution in [2.45, 2.75) is 83.9 Å². The summed E-state index contributed by atoms with van der Waals surface area (Å²) >= 11 is 0. The number of hydrogen-bond donors (Lipinski definition) is 1. The summed E-state index contributed by atoms with van der Waals surface area (Å²) in [5, 5.41) is 9.96. The van der Waals surface area contributed by atoms with Gasteiger partial charge in [-0.15, -0.1) is 0 Å². The van der Waals surface area contributed by atoms with Crippen molar-refractivity contribution in [3.63, 3.8) is 0 Å². The Morgan fingerprint density at radius 1 is 1.14 bits per heavy atom. The minimum atomic E-state index is -3.87. The smallest absolute Gasteiger partial charge is 0.239 e. The number of rotatable bonds is 12. The fourth-order valence-electron chi connectivity index (χ4n) is 5.59. The molecular formula is C32H41N5O5S. The van der Waals surface area contributed by atoms with Gasteiger partial charge in [0.1, 0.15) is 11.9 Å².